The molecule has 126 valence electrons. The lowest BCUT2D eigenvalue weighted by Gasteiger charge is -2.04. The van der Waals surface area contributed by atoms with Gasteiger partial charge in [-0.15, -0.1) is 11.3 Å². The molecule has 1 amide bonds. The van der Waals surface area contributed by atoms with Crippen LogP contribution >= 0.6 is 22.9 Å². The van der Waals surface area contributed by atoms with E-state index in [0.717, 1.165) is 26.3 Å². The summed E-state index contributed by atoms with van der Waals surface area (Å²) in [6, 6.07) is 13.5. The molecular formula is C19H14ClNO3S. The van der Waals surface area contributed by atoms with Crippen molar-refractivity contribution in [1.82, 2.24) is 5.32 Å². The molecule has 0 unspecified atom stereocenters. The van der Waals surface area contributed by atoms with E-state index in [4.69, 9.17) is 21.1 Å². The van der Waals surface area contributed by atoms with Gasteiger partial charge in [-0.2, -0.15) is 0 Å². The number of carbonyl (C=O) groups is 1. The highest BCUT2D eigenvalue weighted by molar-refractivity contribution is 7.20. The van der Waals surface area contributed by atoms with Crippen LogP contribution in [0.1, 0.15) is 10.4 Å². The van der Waals surface area contributed by atoms with E-state index in [1.165, 1.54) is 6.08 Å². The Labute approximate surface area is 153 Å². The lowest BCUT2D eigenvalue weighted by atomic mass is 10.2. The molecule has 0 aliphatic carbocycles. The normalized spacial score (nSPS) is 12.8. The van der Waals surface area contributed by atoms with Crippen LogP contribution in [0.2, 0.25) is 5.02 Å². The Morgan fingerprint density at radius 3 is 2.92 bits per heavy atom. The van der Waals surface area contributed by atoms with Crippen molar-refractivity contribution in [3.8, 4) is 11.5 Å². The number of fused-ring (bicyclic) bond motifs is 2. The summed E-state index contributed by atoms with van der Waals surface area (Å²) < 4.78 is 11.7. The number of carbonyl (C=O) groups excluding carboxylic acids is 1. The number of ether oxygens (including phenoxy) is 2. The largest absolute Gasteiger partial charge is 0.454 e. The van der Waals surface area contributed by atoms with Gasteiger partial charge in [-0.1, -0.05) is 35.9 Å². The number of hydrogen-bond donors (Lipinski definition) is 1. The predicted molar refractivity (Wildman–Crippen MR) is 100 cm³/mol. The van der Waals surface area contributed by atoms with Crippen LogP contribution in [-0.2, 0) is 11.3 Å². The zero-order chi connectivity index (χ0) is 17.2. The molecule has 25 heavy (non-hydrogen) atoms. The van der Waals surface area contributed by atoms with Crippen molar-refractivity contribution in [2.45, 2.75) is 6.54 Å². The zero-order valence-electron chi connectivity index (χ0n) is 13.1. The van der Waals surface area contributed by atoms with Crippen LogP contribution in [0.25, 0.3) is 16.2 Å². The highest BCUT2D eigenvalue weighted by Crippen LogP contribution is 2.36. The molecule has 1 aliphatic heterocycles. The molecule has 0 atom stereocenters. The van der Waals surface area contributed by atoms with Gasteiger partial charge in [0.2, 0.25) is 12.7 Å². The lowest BCUT2D eigenvalue weighted by Crippen LogP contribution is -2.20. The van der Waals surface area contributed by atoms with Crippen molar-refractivity contribution in [2.24, 2.45) is 0 Å². The third-order valence-corrected chi connectivity index (χ3v) is 5.50. The lowest BCUT2D eigenvalue weighted by molar-refractivity contribution is -0.116. The average Bonchev–Trinajstić information content (AvgIpc) is 3.22. The number of thiophene rings is 1. The molecular weight excluding hydrogens is 358 g/mol. The SMILES string of the molecule is O=C(C=Cc1sc2ccccc2c1Cl)NCc1ccc2c(c1)OCO2. The quantitative estimate of drug-likeness (QED) is 0.681. The van der Waals surface area contributed by atoms with Crippen LogP contribution in [-0.4, -0.2) is 12.7 Å². The van der Waals surface area contributed by atoms with Crippen molar-refractivity contribution >= 4 is 45.0 Å². The van der Waals surface area contributed by atoms with Gasteiger partial charge in [0.05, 0.1) is 5.02 Å². The van der Waals surface area contributed by atoms with Crippen molar-refractivity contribution in [2.75, 3.05) is 6.79 Å². The summed E-state index contributed by atoms with van der Waals surface area (Å²) in [6.07, 6.45) is 3.26. The fraction of sp³-hybridized carbons (Fsp3) is 0.105. The topological polar surface area (TPSA) is 47.6 Å². The highest BCUT2D eigenvalue weighted by Gasteiger charge is 2.13. The van der Waals surface area contributed by atoms with Gasteiger partial charge < -0.3 is 14.8 Å². The van der Waals surface area contributed by atoms with Gasteiger partial charge in [-0.3, -0.25) is 4.79 Å². The van der Waals surface area contributed by atoms with Crippen molar-refractivity contribution in [1.29, 1.82) is 0 Å². The summed E-state index contributed by atoms with van der Waals surface area (Å²) in [7, 11) is 0. The number of hydrogen-bond acceptors (Lipinski definition) is 4. The van der Waals surface area contributed by atoms with Gasteiger partial charge in [0.15, 0.2) is 11.5 Å². The van der Waals surface area contributed by atoms with E-state index in [1.807, 2.05) is 42.5 Å². The van der Waals surface area contributed by atoms with Crippen LogP contribution in [0, 0.1) is 0 Å². The Hall–Kier alpha value is -2.50. The first-order valence-electron chi connectivity index (χ1n) is 7.72. The summed E-state index contributed by atoms with van der Waals surface area (Å²) in [6.45, 7) is 0.657. The Morgan fingerprint density at radius 1 is 1.20 bits per heavy atom. The molecule has 0 radical (unpaired) electrons. The van der Waals surface area contributed by atoms with E-state index in [2.05, 4.69) is 5.32 Å². The van der Waals surface area contributed by atoms with E-state index in [-0.39, 0.29) is 12.7 Å². The first kappa shape index (κ1) is 16.0. The first-order valence-corrected chi connectivity index (χ1v) is 8.91. The maximum Gasteiger partial charge on any atom is 0.244 e. The minimum atomic E-state index is -0.175. The minimum absolute atomic E-state index is 0.175. The van der Waals surface area contributed by atoms with Gasteiger partial charge >= 0.3 is 0 Å². The summed E-state index contributed by atoms with van der Waals surface area (Å²) in [5, 5.41) is 4.54. The van der Waals surface area contributed by atoms with Crippen LogP contribution < -0.4 is 14.8 Å². The molecule has 0 saturated heterocycles. The Kier molecular flexibility index (Phi) is 4.34. The molecule has 1 N–H and O–H groups in total. The number of amides is 1. The maximum atomic E-state index is 12.1. The first-order chi connectivity index (χ1) is 12.2. The smallest absolute Gasteiger partial charge is 0.244 e. The third kappa shape index (κ3) is 3.34. The Morgan fingerprint density at radius 2 is 2.04 bits per heavy atom. The number of halogens is 1. The van der Waals surface area contributed by atoms with Crippen LogP contribution in [0.3, 0.4) is 0 Å². The fourth-order valence-electron chi connectivity index (χ4n) is 2.59. The van der Waals surface area contributed by atoms with Crippen molar-refractivity contribution in [3.05, 3.63) is 64.0 Å². The molecule has 3 aromatic rings. The van der Waals surface area contributed by atoms with E-state index in [9.17, 15) is 4.79 Å². The van der Waals surface area contributed by atoms with Crippen molar-refractivity contribution < 1.29 is 14.3 Å². The molecule has 0 fully saturated rings. The second-order valence-corrected chi connectivity index (χ2v) is 6.98. The average molecular weight is 372 g/mol. The van der Waals surface area contributed by atoms with E-state index in [1.54, 1.807) is 17.4 Å². The maximum absolute atomic E-state index is 12.1. The molecule has 2 aromatic carbocycles. The number of nitrogens with one attached hydrogen (secondary N) is 1. The monoisotopic (exact) mass is 371 g/mol. The summed E-state index contributed by atoms with van der Waals surface area (Å²) in [5.41, 5.74) is 0.950. The molecule has 1 aromatic heterocycles. The summed E-state index contributed by atoms with van der Waals surface area (Å²) in [4.78, 5) is 12.9. The molecule has 0 spiro atoms. The van der Waals surface area contributed by atoms with Gasteiger partial charge in [0.25, 0.3) is 0 Å². The Balaban J connectivity index is 1.41. The van der Waals surface area contributed by atoms with Crippen molar-refractivity contribution in [3.63, 3.8) is 0 Å². The van der Waals surface area contributed by atoms with Crippen LogP contribution in [0.15, 0.2) is 48.5 Å². The molecule has 1 aliphatic rings. The van der Waals surface area contributed by atoms with Gasteiger partial charge in [-0.25, -0.2) is 0 Å². The molecule has 2 heterocycles. The molecule has 4 nitrogen and oxygen atoms in total. The number of rotatable bonds is 4. The highest BCUT2D eigenvalue weighted by atomic mass is 35.5. The molecule has 6 heteroatoms. The summed E-state index contributed by atoms with van der Waals surface area (Å²) >= 11 is 7.93. The van der Waals surface area contributed by atoms with E-state index < -0.39 is 0 Å². The minimum Gasteiger partial charge on any atom is -0.454 e. The second kappa shape index (κ2) is 6.78. The molecule has 4 rings (SSSR count). The Bertz CT molecular complexity index is 980. The van der Waals surface area contributed by atoms with Gasteiger partial charge in [-0.05, 0) is 29.8 Å². The second-order valence-electron chi connectivity index (χ2n) is 5.52. The number of benzene rings is 2. The standard InChI is InChI=1S/C19H14ClNO3S/c20-19-13-3-1-2-4-16(13)25-17(19)7-8-18(22)21-10-12-5-6-14-15(9-12)24-11-23-14/h1-9H,10-11H2,(H,21,22). The van der Waals surface area contributed by atoms with Gasteiger partial charge in [0.1, 0.15) is 0 Å². The van der Waals surface area contributed by atoms with Crippen LogP contribution in [0.4, 0.5) is 0 Å². The third-order valence-electron chi connectivity index (χ3n) is 3.85. The van der Waals surface area contributed by atoms with Gasteiger partial charge in [0, 0.05) is 27.6 Å². The van der Waals surface area contributed by atoms with Crippen LogP contribution in [0.5, 0.6) is 11.5 Å². The fourth-order valence-corrected chi connectivity index (χ4v) is 3.99. The molecule has 0 saturated carbocycles. The summed E-state index contributed by atoms with van der Waals surface area (Å²) in [5.74, 6) is 1.26. The zero-order valence-corrected chi connectivity index (χ0v) is 14.7. The van der Waals surface area contributed by atoms with E-state index >= 15 is 0 Å². The van der Waals surface area contributed by atoms with E-state index in [0.29, 0.717) is 17.3 Å². The molecule has 0 bridgehead atoms. The predicted octanol–water partition coefficient (Wildman–Crippen LogP) is 4.61.